The molecule has 1 aliphatic rings. The van der Waals surface area contributed by atoms with Gasteiger partial charge in [-0.25, -0.2) is 0 Å². The van der Waals surface area contributed by atoms with E-state index in [1.54, 1.807) is 0 Å². The molecule has 0 saturated heterocycles. The van der Waals surface area contributed by atoms with Gasteiger partial charge in [0, 0.05) is 26.2 Å². The molecule has 1 heterocycles. The Morgan fingerprint density at radius 1 is 0.833 bits per heavy atom. The second-order valence-corrected chi connectivity index (χ2v) is 4.89. The second kappa shape index (κ2) is 4.92. The van der Waals surface area contributed by atoms with Gasteiger partial charge in [0.15, 0.2) is 0 Å². The monoisotopic (exact) mass is 238 g/mol. The highest BCUT2D eigenvalue weighted by atomic mass is 15.1. The fraction of sp³-hybridized carbons (Fsp3) is 0.250. The Kier molecular flexibility index (Phi) is 3.13. The van der Waals surface area contributed by atoms with Crippen LogP contribution in [0.15, 0.2) is 48.5 Å². The summed E-state index contributed by atoms with van der Waals surface area (Å²) in [6.07, 6.45) is 0. The van der Waals surface area contributed by atoms with E-state index in [9.17, 15) is 0 Å². The summed E-state index contributed by atoms with van der Waals surface area (Å²) in [5.74, 6) is 0. The van der Waals surface area contributed by atoms with Gasteiger partial charge in [-0.1, -0.05) is 48.5 Å². The number of benzene rings is 2. The molecule has 0 aromatic heterocycles. The first-order valence-electron chi connectivity index (χ1n) is 6.43. The van der Waals surface area contributed by atoms with Gasteiger partial charge in [0.05, 0.1) is 0 Å². The molecule has 0 unspecified atom stereocenters. The van der Waals surface area contributed by atoms with Gasteiger partial charge in [-0.3, -0.25) is 4.90 Å². The smallest absolute Gasteiger partial charge is 0.0244 e. The summed E-state index contributed by atoms with van der Waals surface area (Å²) in [5.41, 5.74) is 11.3. The third-order valence-corrected chi connectivity index (χ3v) is 3.64. The van der Waals surface area contributed by atoms with E-state index < -0.39 is 0 Å². The van der Waals surface area contributed by atoms with Crippen LogP contribution in [0.25, 0.3) is 0 Å². The first-order chi connectivity index (χ1) is 8.86. The van der Waals surface area contributed by atoms with E-state index in [0.29, 0.717) is 6.54 Å². The SMILES string of the molecule is NCc1ccccc1CN1Cc2ccccc2C1. The highest BCUT2D eigenvalue weighted by Gasteiger charge is 2.18. The highest BCUT2D eigenvalue weighted by Crippen LogP contribution is 2.24. The molecule has 0 atom stereocenters. The molecule has 2 nitrogen and oxygen atoms in total. The number of rotatable bonds is 3. The van der Waals surface area contributed by atoms with Crippen LogP contribution in [0.1, 0.15) is 22.3 Å². The largest absolute Gasteiger partial charge is 0.326 e. The first-order valence-corrected chi connectivity index (χ1v) is 6.43. The molecule has 0 radical (unpaired) electrons. The maximum atomic E-state index is 5.79. The van der Waals surface area contributed by atoms with Gasteiger partial charge in [-0.05, 0) is 22.3 Å². The molecule has 3 rings (SSSR count). The van der Waals surface area contributed by atoms with Crippen molar-refractivity contribution in [1.82, 2.24) is 4.90 Å². The predicted octanol–water partition coefficient (Wildman–Crippen LogP) is 2.66. The lowest BCUT2D eigenvalue weighted by molar-refractivity contribution is 0.274. The van der Waals surface area contributed by atoms with Crippen molar-refractivity contribution in [3.63, 3.8) is 0 Å². The van der Waals surface area contributed by atoms with Crippen molar-refractivity contribution in [3.05, 3.63) is 70.8 Å². The van der Waals surface area contributed by atoms with Crippen LogP contribution < -0.4 is 5.73 Å². The zero-order chi connectivity index (χ0) is 12.4. The Morgan fingerprint density at radius 2 is 1.39 bits per heavy atom. The van der Waals surface area contributed by atoms with Crippen molar-refractivity contribution < 1.29 is 0 Å². The van der Waals surface area contributed by atoms with Gasteiger partial charge in [0.1, 0.15) is 0 Å². The number of nitrogens with zero attached hydrogens (tertiary/aromatic N) is 1. The molecule has 2 N–H and O–H groups in total. The molecule has 92 valence electrons. The summed E-state index contributed by atoms with van der Waals surface area (Å²) < 4.78 is 0. The van der Waals surface area contributed by atoms with Gasteiger partial charge in [-0.2, -0.15) is 0 Å². The van der Waals surface area contributed by atoms with E-state index in [4.69, 9.17) is 5.73 Å². The first kappa shape index (κ1) is 11.5. The Labute approximate surface area is 108 Å². The zero-order valence-corrected chi connectivity index (χ0v) is 10.5. The van der Waals surface area contributed by atoms with Gasteiger partial charge >= 0.3 is 0 Å². The topological polar surface area (TPSA) is 29.3 Å². The van der Waals surface area contributed by atoms with Crippen LogP contribution in [-0.2, 0) is 26.2 Å². The van der Waals surface area contributed by atoms with Crippen molar-refractivity contribution in [3.8, 4) is 0 Å². The summed E-state index contributed by atoms with van der Waals surface area (Å²) in [6, 6.07) is 17.2. The van der Waals surface area contributed by atoms with Gasteiger partial charge in [-0.15, -0.1) is 0 Å². The molecule has 2 aromatic carbocycles. The average molecular weight is 238 g/mol. The van der Waals surface area contributed by atoms with Crippen LogP contribution in [0, 0.1) is 0 Å². The molecule has 0 aliphatic carbocycles. The molecule has 0 fully saturated rings. The van der Waals surface area contributed by atoms with Crippen molar-refractivity contribution >= 4 is 0 Å². The summed E-state index contributed by atoms with van der Waals surface area (Å²) in [5, 5.41) is 0. The Hall–Kier alpha value is -1.64. The summed E-state index contributed by atoms with van der Waals surface area (Å²) >= 11 is 0. The lowest BCUT2D eigenvalue weighted by Crippen LogP contribution is -2.17. The van der Waals surface area contributed by atoms with E-state index in [2.05, 4.69) is 53.4 Å². The minimum Gasteiger partial charge on any atom is -0.326 e. The molecule has 0 spiro atoms. The molecule has 0 amide bonds. The zero-order valence-electron chi connectivity index (χ0n) is 10.5. The van der Waals surface area contributed by atoms with E-state index in [0.717, 1.165) is 19.6 Å². The predicted molar refractivity (Wildman–Crippen MR) is 73.7 cm³/mol. The van der Waals surface area contributed by atoms with Crippen molar-refractivity contribution in [2.24, 2.45) is 5.73 Å². The van der Waals surface area contributed by atoms with E-state index in [1.807, 2.05) is 0 Å². The Balaban J connectivity index is 1.76. The molecule has 18 heavy (non-hydrogen) atoms. The normalized spacial score (nSPS) is 14.7. The summed E-state index contributed by atoms with van der Waals surface area (Å²) in [7, 11) is 0. The van der Waals surface area contributed by atoms with E-state index in [-0.39, 0.29) is 0 Å². The number of fused-ring (bicyclic) bond motifs is 1. The van der Waals surface area contributed by atoms with Gasteiger partial charge in [0.25, 0.3) is 0 Å². The maximum Gasteiger partial charge on any atom is 0.0244 e. The molecular formula is C16H18N2. The fourth-order valence-corrected chi connectivity index (χ4v) is 2.67. The van der Waals surface area contributed by atoms with Gasteiger partial charge < -0.3 is 5.73 Å². The van der Waals surface area contributed by atoms with E-state index in [1.165, 1.54) is 22.3 Å². The van der Waals surface area contributed by atoms with Crippen LogP contribution >= 0.6 is 0 Å². The van der Waals surface area contributed by atoms with Crippen molar-refractivity contribution in [2.45, 2.75) is 26.2 Å². The highest BCUT2D eigenvalue weighted by molar-refractivity contribution is 5.32. The van der Waals surface area contributed by atoms with Gasteiger partial charge in [0.2, 0.25) is 0 Å². The summed E-state index contributed by atoms with van der Waals surface area (Å²) in [4.78, 5) is 2.47. The van der Waals surface area contributed by atoms with E-state index >= 15 is 0 Å². The molecule has 0 saturated carbocycles. The minimum absolute atomic E-state index is 0.622. The maximum absolute atomic E-state index is 5.79. The van der Waals surface area contributed by atoms with Crippen LogP contribution in [0.3, 0.4) is 0 Å². The number of hydrogen-bond acceptors (Lipinski definition) is 2. The van der Waals surface area contributed by atoms with Crippen LogP contribution in [0.2, 0.25) is 0 Å². The Bertz CT molecular complexity index is 523. The van der Waals surface area contributed by atoms with Crippen LogP contribution in [-0.4, -0.2) is 4.90 Å². The second-order valence-electron chi connectivity index (χ2n) is 4.89. The average Bonchev–Trinajstić information content (AvgIpc) is 2.81. The third-order valence-electron chi connectivity index (χ3n) is 3.64. The lowest BCUT2D eigenvalue weighted by Gasteiger charge is -2.17. The number of hydrogen-bond donors (Lipinski definition) is 1. The third kappa shape index (κ3) is 2.17. The fourth-order valence-electron chi connectivity index (χ4n) is 2.67. The molecule has 2 heteroatoms. The molecule has 0 bridgehead atoms. The molecular weight excluding hydrogens is 220 g/mol. The lowest BCUT2D eigenvalue weighted by atomic mass is 10.1. The molecule has 1 aliphatic heterocycles. The number of nitrogens with two attached hydrogens (primary N) is 1. The standard InChI is InChI=1S/C16H18N2/c17-9-13-5-1-2-6-14(13)10-18-11-15-7-3-4-8-16(15)12-18/h1-8H,9-12,17H2. The Morgan fingerprint density at radius 3 is 2.00 bits per heavy atom. The quantitative estimate of drug-likeness (QED) is 0.890. The van der Waals surface area contributed by atoms with Crippen molar-refractivity contribution in [1.29, 1.82) is 0 Å². The van der Waals surface area contributed by atoms with Crippen LogP contribution in [0.5, 0.6) is 0 Å². The summed E-state index contributed by atoms with van der Waals surface area (Å²) in [6.45, 7) is 3.71. The minimum atomic E-state index is 0.622. The van der Waals surface area contributed by atoms with Crippen LogP contribution in [0.4, 0.5) is 0 Å². The van der Waals surface area contributed by atoms with Crippen molar-refractivity contribution in [2.75, 3.05) is 0 Å². The molecule has 2 aromatic rings.